The zero-order valence-corrected chi connectivity index (χ0v) is 8.23. The number of cyclic esters (lactones) is 1. The van der Waals surface area contributed by atoms with Gasteiger partial charge in [0, 0.05) is 0 Å². The van der Waals surface area contributed by atoms with Crippen LogP contribution >= 0.6 is 0 Å². The van der Waals surface area contributed by atoms with Gasteiger partial charge < -0.3 is 14.9 Å². The SMILES string of the molecule is CC(C)=CC1OC(=O)C(=CCO)C1O. The summed E-state index contributed by atoms with van der Waals surface area (Å²) in [5.74, 6) is -0.561. The van der Waals surface area contributed by atoms with Gasteiger partial charge in [0.1, 0.15) is 6.10 Å². The summed E-state index contributed by atoms with van der Waals surface area (Å²) in [4.78, 5) is 11.2. The van der Waals surface area contributed by atoms with Crippen LogP contribution in [0.2, 0.25) is 0 Å². The summed E-state index contributed by atoms with van der Waals surface area (Å²) in [5.41, 5.74) is 1.10. The van der Waals surface area contributed by atoms with Gasteiger partial charge in [0.2, 0.25) is 0 Å². The van der Waals surface area contributed by atoms with Gasteiger partial charge in [-0.1, -0.05) is 5.57 Å². The van der Waals surface area contributed by atoms with Gasteiger partial charge in [0.25, 0.3) is 0 Å². The molecule has 2 unspecified atom stereocenters. The highest BCUT2D eigenvalue weighted by molar-refractivity contribution is 5.92. The number of aliphatic hydroxyl groups excluding tert-OH is 2. The Hall–Kier alpha value is -1.13. The summed E-state index contributed by atoms with van der Waals surface area (Å²) in [6, 6.07) is 0. The minimum atomic E-state index is -0.968. The van der Waals surface area contributed by atoms with Crippen LogP contribution < -0.4 is 0 Å². The van der Waals surface area contributed by atoms with Crippen molar-refractivity contribution < 1.29 is 19.7 Å². The fourth-order valence-electron chi connectivity index (χ4n) is 1.31. The molecular weight excluding hydrogens is 184 g/mol. The molecule has 2 N–H and O–H groups in total. The average Bonchev–Trinajstić information content (AvgIpc) is 2.32. The van der Waals surface area contributed by atoms with Gasteiger partial charge in [0.15, 0.2) is 6.10 Å². The van der Waals surface area contributed by atoms with Crippen LogP contribution in [0.4, 0.5) is 0 Å². The normalized spacial score (nSPS) is 29.1. The molecule has 0 radical (unpaired) electrons. The molecule has 0 saturated carbocycles. The Morgan fingerprint density at radius 3 is 2.71 bits per heavy atom. The van der Waals surface area contributed by atoms with E-state index in [-0.39, 0.29) is 12.2 Å². The third kappa shape index (κ3) is 2.21. The minimum absolute atomic E-state index is 0.134. The Bertz CT molecular complexity index is 286. The standard InChI is InChI=1S/C10H14O4/c1-6(2)5-8-9(12)7(3-4-11)10(13)14-8/h3,5,8-9,11-12H,4H2,1-2H3. The van der Waals surface area contributed by atoms with Crippen molar-refractivity contribution in [2.24, 2.45) is 0 Å². The van der Waals surface area contributed by atoms with Crippen LogP contribution in [0.3, 0.4) is 0 Å². The van der Waals surface area contributed by atoms with Crippen molar-refractivity contribution in [1.82, 2.24) is 0 Å². The van der Waals surface area contributed by atoms with Crippen LogP contribution in [0.5, 0.6) is 0 Å². The largest absolute Gasteiger partial charge is 0.452 e. The molecule has 0 aromatic heterocycles. The van der Waals surface area contributed by atoms with Crippen LogP contribution in [0.1, 0.15) is 13.8 Å². The number of rotatable bonds is 2. The summed E-state index contributed by atoms with van der Waals surface area (Å²) >= 11 is 0. The average molecular weight is 198 g/mol. The van der Waals surface area contributed by atoms with Gasteiger partial charge >= 0.3 is 5.97 Å². The summed E-state index contributed by atoms with van der Waals surface area (Å²) in [5, 5.41) is 18.2. The van der Waals surface area contributed by atoms with Crippen molar-refractivity contribution in [3.63, 3.8) is 0 Å². The zero-order chi connectivity index (χ0) is 10.7. The highest BCUT2D eigenvalue weighted by Crippen LogP contribution is 2.22. The maximum Gasteiger partial charge on any atom is 0.337 e. The third-order valence-corrected chi connectivity index (χ3v) is 1.92. The number of carbonyl (C=O) groups is 1. The molecule has 0 amide bonds. The van der Waals surface area contributed by atoms with Crippen molar-refractivity contribution in [2.45, 2.75) is 26.1 Å². The molecule has 4 heteroatoms. The number of allylic oxidation sites excluding steroid dienone is 1. The fraction of sp³-hybridized carbons (Fsp3) is 0.500. The number of hydrogen-bond donors (Lipinski definition) is 2. The molecule has 1 fully saturated rings. The van der Waals surface area contributed by atoms with Crippen molar-refractivity contribution in [2.75, 3.05) is 6.61 Å². The molecule has 0 aromatic carbocycles. The fourth-order valence-corrected chi connectivity index (χ4v) is 1.31. The summed E-state index contributed by atoms with van der Waals surface area (Å²) in [6.07, 6.45) is 1.36. The molecule has 0 spiro atoms. The van der Waals surface area contributed by atoms with Gasteiger partial charge in [-0.05, 0) is 26.0 Å². The first-order chi connectivity index (χ1) is 6.56. The maximum absolute atomic E-state index is 11.2. The van der Waals surface area contributed by atoms with Gasteiger partial charge in [-0.3, -0.25) is 0 Å². The first-order valence-corrected chi connectivity index (χ1v) is 4.41. The van der Waals surface area contributed by atoms with E-state index in [0.717, 1.165) is 5.57 Å². The molecule has 1 rings (SSSR count). The summed E-state index contributed by atoms with van der Waals surface area (Å²) in [7, 11) is 0. The lowest BCUT2D eigenvalue weighted by Crippen LogP contribution is -2.19. The van der Waals surface area contributed by atoms with E-state index in [0.29, 0.717) is 0 Å². The molecular formula is C10H14O4. The van der Waals surface area contributed by atoms with E-state index >= 15 is 0 Å². The molecule has 0 bridgehead atoms. The quantitative estimate of drug-likeness (QED) is 0.377. The Kier molecular flexibility index (Phi) is 3.43. The van der Waals surface area contributed by atoms with Gasteiger partial charge in [-0.2, -0.15) is 0 Å². The topological polar surface area (TPSA) is 66.8 Å². The lowest BCUT2D eigenvalue weighted by Gasteiger charge is -2.07. The lowest BCUT2D eigenvalue weighted by molar-refractivity contribution is -0.137. The second-order valence-electron chi connectivity index (χ2n) is 3.40. The molecule has 1 heterocycles. The second-order valence-corrected chi connectivity index (χ2v) is 3.40. The van der Waals surface area contributed by atoms with E-state index in [1.807, 2.05) is 13.8 Å². The Morgan fingerprint density at radius 1 is 1.57 bits per heavy atom. The first-order valence-electron chi connectivity index (χ1n) is 4.41. The number of esters is 1. The second kappa shape index (κ2) is 4.39. The van der Waals surface area contributed by atoms with Crippen molar-refractivity contribution >= 4 is 5.97 Å². The van der Waals surface area contributed by atoms with Crippen molar-refractivity contribution in [1.29, 1.82) is 0 Å². The lowest BCUT2D eigenvalue weighted by atomic mass is 10.1. The number of hydrogen-bond acceptors (Lipinski definition) is 4. The Morgan fingerprint density at radius 2 is 2.21 bits per heavy atom. The molecule has 1 saturated heterocycles. The van der Waals surface area contributed by atoms with E-state index in [9.17, 15) is 9.90 Å². The van der Waals surface area contributed by atoms with E-state index in [2.05, 4.69) is 0 Å². The molecule has 0 aromatic rings. The van der Waals surface area contributed by atoms with Crippen LogP contribution in [-0.4, -0.2) is 35.0 Å². The third-order valence-electron chi connectivity index (χ3n) is 1.92. The predicted molar refractivity (Wildman–Crippen MR) is 50.5 cm³/mol. The van der Waals surface area contributed by atoms with Crippen molar-refractivity contribution in [3.05, 3.63) is 23.3 Å². The molecule has 0 aliphatic carbocycles. The van der Waals surface area contributed by atoms with E-state index in [1.165, 1.54) is 6.08 Å². The van der Waals surface area contributed by atoms with Gasteiger partial charge in [-0.25, -0.2) is 4.79 Å². The Balaban J connectivity index is 2.84. The molecule has 2 atom stereocenters. The monoisotopic (exact) mass is 198 g/mol. The highest BCUT2D eigenvalue weighted by Gasteiger charge is 2.36. The summed E-state index contributed by atoms with van der Waals surface area (Å²) in [6.45, 7) is 3.44. The smallest absolute Gasteiger partial charge is 0.337 e. The molecule has 1 aliphatic rings. The van der Waals surface area contributed by atoms with E-state index in [4.69, 9.17) is 9.84 Å². The molecule has 78 valence electrons. The number of aliphatic hydroxyl groups is 2. The van der Waals surface area contributed by atoms with Crippen LogP contribution in [-0.2, 0) is 9.53 Å². The minimum Gasteiger partial charge on any atom is -0.452 e. The van der Waals surface area contributed by atoms with E-state index < -0.39 is 18.2 Å². The molecule has 14 heavy (non-hydrogen) atoms. The Labute approximate surface area is 82.5 Å². The molecule has 4 nitrogen and oxygen atoms in total. The van der Waals surface area contributed by atoms with E-state index in [1.54, 1.807) is 6.08 Å². The van der Waals surface area contributed by atoms with Gasteiger partial charge in [-0.15, -0.1) is 0 Å². The van der Waals surface area contributed by atoms with Gasteiger partial charge in [0.05, 0.1) is 12.2 Å². The highest BCUT2D eigenvalue weighted by atomic mass is 16.6. The van der Waals surface area contributed by atoms with Crippen LogP contribution in [0.15, 0.2) is 23.3 Å². The zero-order valence-electron chi connectivity index (χ0n) is 8.23. The van der Waals surface area contributed by atoms with Crippen LogP contribution in [0, 0.1) is 0 Å². The first kappa shape index (κ1) is 10.9. The predicted octanol–water partition coefficient (Wildman–Crippen LogP) is 0.158. The molecule has 1 aliphatic heterocycles. The number of ether oxygens (including phenoxy) is 1. The number of carbonyl (C=O) groups excluding carboxylic acids is 1. The summed E-state index contributed by atoms with van der Waals surface area (Å²) < 4.78 is 4.90. The maximum atomic E-state index is 11.2. The van der Waals surface area contributed by atoms with Crippen molar-refractivity contribution in [3.8, 4) is 0 Å². The van der Waals surface area contributed by atoms with Crippen LogP contribution in [0.25, 0.3) is 0 Å².